The Bertz CT molecular complexity index is 1410. The van der Waals surface area contributed by atoms with Gasteiger partial charge in [-0.1, -0.05) is 29.8 Å². The number of anilines is 4. The minimum absolute atomic E-state index is 0.174. The number of hydrogen-bond acceptors (Lipinski definition) is 5. The molecule has 0 bridgehead atoms. The molecule has 0 aromatic heterocycles. The van der Waals surface area contributed by atoms with Crippen LogP contribution in [0, 0.1) is 0 Å². The van der Waals surface area contributed by atoms with Crippen molar-refractivity contribution in [3.63, 3.8) is 0 Å². The van der Waals surface area contributed by atoms with Crippen molar-refractivity contribution in [2.45, 2.75) is 26.3 Å². The van der Waals surface area contributed by atoms with E-state index in [0.717, 1.165) is 11.1 Å². The molecule has 5 N–H and O–H groups in total. The van der Waals surface area contributed by atoms with E-state index in [1.165, 1.54) is 11.8 Å². The van der Waals surface area contributed by atoms with E-state index in [0.29, 0.717) is 39.0 Å². The Balaban J connectivity index is 1.74. The number of carbonyl (C=O) groups excluding carboxylic acids is 3. The van der Waals surface area contributed by atoms with Crippen LogP contribution in [0.2, 0.25) is 5.02 Å². The van der Waals surface area contributed by atoms with Crippen molar-refractivity contribution in [2.75, 3.05) is 27.9 Å². The normalized spacial score (nSPS) is 13.9. The van der Waals surface area contributed by atoms with E-state index in [1.54, 1.807) is 63.4 Å². The van der Waals surface area contributed by atoms with Gasteiger partial charge in [0.25, 0.3) is 5.91 Å². The number of nitrogens with zero attached hydrogens (tertiary/aromatic N) is 1. The standard InChI is InChI=1S/C28H28ClN5O3/c1-16(35)31-19-8-5-17(6-9-19)25(24-22-14-7-18(29)15-23(22)33-26(24)36)32-20-10-12-21(13-11-20)34(4)27(37)28(2,3)30/h5-15,32H,30H2,1-4H3,(H,31,35)(H,33,36)/b25-24-. The van der Waals surface area contributed by atoms with Gasteiger partial charge in [-0.15, -0.1) is 0 Å². The summed E-state index contributed by atoms with van der Waals surface area (Å²) >= 11 is 6.14. The van der Waals surface area contributed by atoms with Crippen molar-refractivity contribution >= 4 is 63.3 Å². The molecule has 9 heteroatoms. The van der Waals surface area contributed by atoms with Gasteiger partial charge in [0, 0.05) is 41.6 Å². The smallest absolute Gasteiger partial charge is 0.258 e. The van der Waals surface area contributed by atoms with Gasteiger partial charge in [-0.25, -0.2) is 0 Å². The van der Waals surface area contributed by atoms with Crippen LogP contribution < -0.4 is 26.6 Å². The first-order valence-electron chi connectivity index (χ1n) is 11.6. The van der Waals surface area contributed by atoms with Crippen molar-refractivity contribution < 1.29 is 14.4 Å². The Morgan fingerprint density at radius 3 is 2.14 bits per heavy atom. The summed E-state index contributed by atoms with van der Waals surface area (Å²) in [4.78, 5) is 38.6. The fourth-order valence-electron chi connectivity index (χ4n) is 4.06. The SMILES string of the molecule is CC(=O)Nc1ccc(/C(Nc2ccc(N(C)C(=O)C(C)(C)N)cc2)=C2/C(=O)Nc3cc(Cl)ccc32)cc1. The first kappa shape index (κ1) is 25.9. The summed E-state index contributed by atoms with van der Waals surface area (Å²) < 4.78 is 0. The van der Waals surface area contributed by atoms with Crippen LogP contribution in [0.4, 0.5) is 22.7 Å². The van der Waals surface area contributed by atoms with Crippen molar-refractivity contribution in [1.82, 2.24) is 0 Å². The Hall–Kier alpha value is -4.14. The summed E-state index contributed by atoms with van der Waals surface area (Å²) in [5.74, 6) is -0.655. The van der Waals surface area contributed by atoms with Crippen molar-refractivity contribution in [2.24, 2.45) is 5.73 Å². The first-order chi connectivity index (χ1) is 17.4. The van der Waals surface area contributed by atoms with Crippen LogP contribution in [0.5, 0.6) is 0 Å². The van der Waals surface area contributed by atoms with E-state index in [1.807, 2.05) is 24.3 Å². The number of fused-ring (bicyclic) bond motifs is 1. The Kier molecular flexibility index (Phi) is 7.07. The lowest BCUT2D eigenvalue weighted by Gasteiger charge is -2.26. The lowest BCUT2D eigenvalue weighted by atomic mass is 9.99. The maximum absolute atomic E-state index is 13.1. The fraction of sp³-hybridized carbons (Fsp3) is 0.179. The van der Waals surface area contributed by atoms with E-state index >= 15 is 0 Å². The molecule has 3 aromatic carbocycles. The highest BCUT2D eigenvalue weighted by molar-refractivity contribution is 6.38. The fourth-order valence-corrected chi connectivity index (χ4v) is 4.23. The van der Waals surface area contributed by atoms with Crippen LogP contribution >= 0.6 is 11.6 Å². The molecule has 190 valence electrons. The van der Waals surface area contributed by atoms with Crippen molar-refractivity contribution in [3.8, 4) is 0 Å². The predicted octanol–water partition coefficient (Wildman–Crippen LogP) is 4.93. The van der Waals surface area contributed by atoms with Gasteiger partial charge < -0.3 is 26.6 Å². The lowest BCUT2D eigenvalue weighted by Crippen LogP contribution is -2.49. The van der Waals surface area contributed by atoms with Gasteiger partial charge >= 0.3 is 0 Å². The Labute approximate surface area is 220 Å². The molecule has 0 saturated carbocycles. The van der Waals surface area contributed by atoms with Crippen molar-refractivity contribution in [1.29, 1.82) is 0 Å². The summed E-state index contributed by atoms with van der Waals surface area (Å²) in [6.07, 6.45) is 0. The predicted molar refractivity (Wildman–Crippen MR) is 149 cm³/mol. The average Bonchev–Trinajstić information content (AvgIpc) is 3.16. The number of hydrogen-bond donors (Lipinski definition) is 4. The maximum Gasteiger partial charge on any atom is 0.258 e. The molecule has 0 unspecified atom stereocenters. The zero-order chi connectivity index (χ0) is 26.9. The van der Waals surface area contributed by atoms with Gasteiger partial charge in [-0.2, -0.15) is 0 Å². The highest BCUT2D eigenvalue weighted by atomic mass is 35.5. The van der Waals surface area contributed by atoms with Crippen LogP contribution in [-0.2, 0) is 14.4 Å². The van der Waals surface area contributed by atoms with Gasteiger partial charge in [0.15, 0.2) is 0 Å². The van der Waals surface area contributed by atoms with Crippen LogP contribution in [0.1, 0.15) is 31.9 Å². The molecule has 0 spiro atoms. The van der Waals surface area contributed by atoms with Gasteiger partial charge in [0.2, 0.25) is 11.8 Å². The second kappa shape index (κ2) is 10.1. The van der Waals surface area contributed by atoms with Gasteiger partial charge in [0.05, 0.1) is 22.5 Å². The largest absolute Gasteiger partial charge is 0.354 e. The molecule has 1 aliphatic rings. The summed E-state index contributed by atoms with van der Waals surface area (Å²) in [6.45, 7) is 4.77. The summed E-state index contributed by atoms with van der Waals surface area (Å²) in [5.41, 5.74) is 10.1. The minimum atomic E-state index is -1.00. The quantitative estimate of drug-likeness (QED) is 0.346. The molecule has 1 heterocycles. The molecule has 0 fully saturated rings. The highest BCUT2D eigenvalue weighted by Crippen LogP contribution is 2.39. The maximum atomic E-state index is 13.1. The van der Waals surface area contributed by atoms with Crippen molar-refractivity contribution in [3.05, 3.63) is 82.9 Å². The molecule has 8 nitrogen and oxygen atoms in total. The molecule has 3 aromatic rings. The second-order valence-corrected chi connectivity index (χ2v) is 9.85. The zero-order valence-corrected chi connectivity index (χ0v) is 21.7. The molecular weight excluding hydrogens is 490 g/mol. The van der Waals surface area contributed by atoms with Crippen LogP contribution in [-0.4, -0.2) is 30.3 Å². The molecule has 0 aliphatic carbocycles. The number of halogens is 1. The van der Waals surface area contributed by atoms with E-state index < -0.39 is 5.54 Å². The number of carbonyl (C=O) groups is 3. The minimum Gasteiger partial charge on any atom is -0.354 e. The van der Waals surface area contributed by atoms with E-state index in [9.17, 15) is 14.4 Å². The van der Waals surface area contributed by atoms with E-state index in [2.05, 4.69) is 16.0 Å². The third-order valence-electron chi connectivity index (χ3n) is 5.85. The number of nitrogens with two attached hydrogens (primary N) is 1. The average molecular weight is 518 g/mol. The van der Waals surface area contributed by atoms with Crippen LogP contribution in [0.15, 0.2) is 66.7 Å². The first-order valence-corrected chi connectivity index (χ1v) is 12.0. The van der Waals surface area contributed by atoms with Gasteiger partial charge in [-0.05, 0) is 67.9 Å². The lowest BCUT2D eigenvalue weighted by molar-refractivity contribution is -0.122. The van der Waals surface area contributed by atoms with Gasteiger partial charge in [0.1, 0.15) is 0 Å². The zero-order valence-electron chi connectivity index (χ0n) is 21.0. The van der Waals surface area contributed by atoms with E-state index in [-0.39, 0.29) is 17.7 Å². The van der Waals surface area contributed by atoms with Crippen LogP contribution in [0.3, 0.4) is 0 Å². The molecule has 37 heavy (non-hydrogen) atoms. The third kappa shape index (κ3) is 5.66. The summed E-state index contributed by atoms with van der Waals surface area (Å²) in [7, 11) is 1.67. The highest BCUT2D eigenvalue weighted by Gasteiger charge is 2.29. The summed E-state index contributed by atoms with van der Waals surface area (Å²) in [6, 6.07) is 19.7. The van der Waals surface area contributed by atoms with E-state index in [4.69, 9.17) is 17.3 Å². The molecule has 4 rings (SSSR count). The number of benzene rings is 3. The third-order valence-corrected chi connectivity index (χ3v) is 6.09. The Morgan fingerprint density at radius 2 is 1.54 bits per heavy atom. The summed E-state index contributed by atoms with van der Waals surface area (Å²) in [5, 5.41) is 9.52. The molecule has 0 saturated heterocycles. The molecule has 3 amide bonds. The molecule has 0 radical (unpaired) electrons. The molecule has 0 atom stereocenters. The molecule has 1 aliphatic heterocycles. The number of rotatable bonds is 6. The number of amides is 3. The Morgan fingerprint density at radius 1 is 0.946 bits per heavy atom. The topological polar surface area (TPSA) is 117 Å². The number of likely N-dealkylation sites (N-methyl/N-ethyl adjacent to an activating group) is 1. The second-order valence-electron chi connectivity index (χ2n) is 9.41. The van der Waals surface area contributed by atoms with Gasteiger partial charge in [-0.3, -0.25) is 14.4 Å². The molecular formula is C28H28ClN5O3. The monoisotopic (exact) mass is 517 g/mol. The van der Waals surface area contributed by atoms with Crippen LogP contribution in [0.25, 0.3) is 11.3 Å². The number of nitrogens with one attached hydrogen (secondary N) is 3.